The van der Waals surface area contributed by atoms with Gasteiger partial charge in [-0.25, -0.2) is 0 Å². The largest absolute Gasteiger partial charge is 0.344 e. The van der Waals surface area contributed by atoms with Crippen molar-refractivity contribution < 1.29 is 9.59 Å². The first kappa shape index (κ1) is 12.1. The lowest BCUT2D eigenvalue weighted by Gasteiger charge is -2.13. The molecule has 2 N–H and O–H groups in total. The summed E-state index contributed by atoms with van der Waals surface area (Å²) in [5.74, 6) is -0.226. The third kappa shape index (κ3) is 2.66. The first-order valence-electron chi connectivity index (χ1n) is 5.43. The van der Waals surface area contributed by atoms with Gasteiger partial charge in [0.25, 0.3) is 0 Å². The predicted molar refractivity (Wildman–Crippen MR) is 68.7 cm³/mol. The molecule has 0 aliphatic carbocycles. The van der Waals surface area contributed by atoms with Crippen molar-refractivity contribution in [1.82, 2.24) is 5.32 Å². The van der Waals surface area contributed by atoms with Crippen molar-refractivity contribution in [2.45, 2.75) is 25.8 Å². The lowest BCUT2D eigenvalue weighted by Crippen LogP contribution is -2.37. The number of carbonyl (C=O) groups excluding carboxylic acids is 2. The number of hydrogen-bond acceptors (Lipinski definition) is 2. The van der Waals surface area contributed by atoms with Crippen molar-refractivity contribution in [3.63, 3.8) is 0 Å². The molecule has 0 aromatic heterocycles. The first-order chi connectivity index (χ1) is 8.08. The maximum Gasteiger partial charge on any atom is 0.246 e. The summed E-state index contributed by atoms with van der Waals surface area (Å²) in [5.41, 5.74) is 1.79. The maximum absolute atomic E-state index is 11.9. The Balaban J connectivity index is 2.08. The van der Waals surface area contributed by atoms with E-state index in [1.165, 1.54) is 0 Å². The molecule has 4 nitrogen and oxygen atoms in total. The fraction of sp³-hybridized carbons (Fsp3) is 0.333. The van der Waals surface area contributed by atoms with Crippen LogP contribution in [-0.4, -0.2) is 17.9 Å². The Hall–Kier alpha value is -1.36. The molecular formula is C12H13BrN2O2. The molecule has 1 aromatic carbocycles. The Morgan fingerprint density at radius 1 is 1.53 bits per heavy atom. The van der Waals surface area contributed by atoms with Crippen LogP contribution >= 0.6 is 15.9 Å². The predicted octanol–water partition coefficient (Wildman–Crippen LogP) is 1.97. The van der Waals surface area contributed by atoms with E-state index in [4.69, 9.17) is 0 Å². The molecular weight excluding hydrogens is 284 g/mol. The van der Waals surface area contributed by atoms with E-state index in [0.717, 1.165) is 15.7 Å². The van der Waals surface area contributed by atoms with Crippen molar-refractivity contribution in [1.29, 1.82) is 0 Å². The standard InChI is InChI=1S/C12H13BrN2O2/c1-7-3-2-4-8(11(7)13)15-12(17)9-5-6-10(16)14-9/h2-4,9H,5-6H2,1H3,(H,14,16)(H,15,17). The van der Waals surface area contributed by atoms with E-state index in [1.54, 1.807) is 0 Å². The van der Waals surface area contributed by atoms with Crippen LogP contribution in [0.1, 0.15) is 18.4 Å². The second-order valence-electron chi connectivity index (χ2n) is 4.08. The van der Waals surface area contributed by atoms with Gasteiger partial charge in [-0.3, -0.25) is 9.59 Å². The van der Waals surface area contributed by atoms with E-state index in [0.29, 0.717) is 12.8 Å². The van der Waals surface area contributed by atoms with Crippen LogP contribution < -0.4 is 10.6 Å². The third-order valence-electron chi connectivity index (χ3n) is 2.76. The number of rotatable bonds is 2. The van der Waals surface area contributed by atoms with Crippen LogP contribution in [0.4, 0.5) is 5.69 Å². The fourth-order valence-corrected chi connectivity index (χ4v) is 2.14. The minimum absolute atomic E-state index is 0.0616. The smallest absolute Gasteiger partial charge is 0.246 e. The van der Waals surface area contributed by atoms with E-state index >= 15 is 0 Å². The topological polar surface area (TPSA) is 58.2 Å². The van der Waals surface area contributed by atoms with Gasteiger partial charge in [-0.15, -0.1) is 0 Å². The van der Waals surface area contributed by atoms with Crippen LogP contribution in [0, 0.1) is 6.92 Å². The first-order valence-corrected chi connectivity index (χ1v) is 6.22. The average molecular weight is 297 g/mol. The summed E-state index contributed by atoms with van der Waals surface area (Å²) in [5, 5.41) is 5.45. The van der Waals surface area contributed by atoms with Gasteiger partial charge in [0.05, 0.1) is 5.69 Å². The summed E-state index contributed by atoms with van der Waals surface area (Å²) in [6.07, 6.45) is 0.987. The molecule has 1 saturated heterocycles. The highest BCUT2D eigenvalue weighted by Gasteiger charge is 2.27. The molecule has 2 rings (SSSR count). The van der Waals surface area contributed by atoms with Crippen LogP contribution in [0.3, 0.4) is 0 Å². The van der Waals surface area contributed by atoms with Crippen molar-refractivity contribution >= 4 is 33.4 Å². The zero-order valence-electron chi connectivity index (χ0n) is 9.42. The Labute approximate surface area is 108 Å². The number of hydrogen-bond donors (Lipinski definition) is 2. The monoisotopic (exact) mass is 296 g/mol. The Morgan fingerprint density at radius 3 is 2.94 bits per heavy atom. The molecule has 1 unspecified atom stereocenters. The number of amides is 2. The van der Waals surface area contributed by atoms with E-state index in [9.17, 15) is 9.59 Å². The summed E-state index contributed by atoms with van der Waals surface area (Å²) >= 11 is 3.43. The second kappa shape index (κ2) is 4.87. The summed E-state index contributed by atoms with van der Waals surface area (Å²) in [7, 11) is 0. The summed E-state index contributed by atoms with van der Waals surface area (Å²) in [4.78, 5) is 22.9. The van der Waals surface area contributed by atoms with Crippen LogP contribution in [0.5, 0.6) is 0 Å². The zero-order chi connectivity index (χ0) is 12.4. The summed E-state index contributed by atoms with van der Waals surface area (Å²) in [6, 6.07) is 5.25. The van der Waals surface area contributed by atoms with Gasteiger partial charge in [0.15, 0.2) is 0 Å². The van der Waals surface area contributed by atoms with Crippen LogP contribution in [0.15, 0.2) is 22.7 Å². The molecule has 5 heteroatoms. The molecule has 1 atom stereocenters. The number of benzene rings is 1. The molecule has 0 radical (unpaired) electrons. The van der Waals surface area contributed by atoms with Gasteiger partial charge >= 0.3 is 0 Å². The zero-order valence-corrected chi connectivity index (χ0v) is 11.0. The van der Waals surface area contributed by atoms with Crippen molar-refractivity contribution in [2.24, 2.45) is 0 Å². The van der Waals surface area contributed by atoms with E-state index in [2.05, 4.69) is 26.6 Å². The van der Waals surface area contributed by atoms with Gasteiger partial charge in [0.1, 0.15) is 6.04 Å². The molecule has 1 fully saturated rings. The van der Waals surface area contributed by atoms with Gasteiger partial charge in [0.2, 0.25) is 11.8 Å². The highest BCUT2D eigenvalue weighted by molar-refractivity contribution is 9.10. The van der Waals surface area contributed by atoms with Gasteiger partial charge < -0.3 is 10.6 Å². The summed E-state index contributed by atoms with van der Waals surface area (Å²) in [6.45, 7) is 1.96. The second-order valence-corrected chi connectivity index (χ2v) is 4.88. The molecule has 90 valence electrons. The van der Waals surface area contributed by atoms with Gasteiger partial charge in [-0.05, 0) is 40.9 Å². The highest BCUT2D eigenvalue weighted by atomic mass is 79.9. The Bertz CT molecular complexity index is 474. The van der Waals surface area contributed by atoms with Crippen molar-refractivity contribution in [3.05, 3.63) is 28.2 Å². The molecule has 0 bridgehead atoms. The minimum Gasteiger partial charge on any atom is -0.344 e. The van der Waals surface area contributed by atoms with Gasteiger partial charge in [0, 0.05) is 10.9 Å². The molecule has 0 saturated carbocycles. The maximum atomic E-state index is 11.9. The fourth-order valence-electron chi connectivity index (χ4n) is 1.77. The molecule has 1 heterocycles. The van der Waals surface area contributed by atoms with E-state index in [1.807, 2.05) is 25.1 Å². The highest BCUT2D eigenvalue weighted by Crippen LogP contribution is 2.26. The third-order valence-corrected chi connectivity index (χ3v) is 3.81. The average Bonchev–Trinajstić information content (AvgIpc) is 2.72. The Kier molecular flexibility index (Phi) is 3.47. The van der Waals surface area contributed by atoms with Crippen molar-refractivity contribution in [3.8, 4) is 0 Å². The van der Waals surface area contributed by atoms with E-state index in [-0.39, 0.29) is 11.8 Å². The number of nitrogens with one attached hydrogen (secondary N) is 2. The number of carbonyl (C=O) groups is 2. The molecule has 2 amide bonds. The lowest BCUT2D eigenvalue weighted by atomic mass is 10.2. The number of anilines is 1. The molecule has 17 heavy (non-hydrogen) atoms. The molecule has 1 aromatic rings. The minimum atomic E-state index is -0.407. The quantitative estimate of drug-likeness (QED) is 0.877. The number of aryl methyl sites for hydroxylation is 1. The van der Waals surface area contributed by atoms with Crippen LogP contribution in [-0.2, 0) is 9.59 Å². The lowest BCUT2D eigenvalue weighted by molar-refractivity contribution is -0.122. The number of halogens is 1. The van der Waals surface area contributed by atoms with Crippen LogP contribution in [0.25, 0.3) is 0 Å². The van der Waals surface area contributed by atoms with Crippen LogP contribution in [0.2, 0.25) is 0 Å². The molecule has 1 aliphatic heterocycles. The Morgan fingerprint density at radius 2 is 2.29 bits per heavy atom. The molecule has 1 aliphatic rings. The van der Waals surface area contributed by atoms with Gasteiger partial charge in [-0.1, -0.05) is 12.1 Å². The summed E-state index contributed by atoms with van der Waals surface area (Å²) < 4.78 is 0.873. The van der Waals surface area contributed by atoms with E-state index < -0.39 is 6.04 Å². The normalized spacial score (nSPS) is 18.9. The van der Waals surface area contributed by atoms with Crippen molar-refractivity contribution in [2.75, 3.05) is 5.32 Å². The SMILES string of the molecule is Cc1cccc(NC(=O)C2CCC(=O)N2)c1Br. The molecule has 0 spiro atoms. The van der Waals surface area contributed by atoms with Gasteiger partial charge in [-0.2, -0.15) is 0 Å².